The van der Waals surface area contributed by atoms with E-state index in [9.17, 15) is 14.9 Å². The van der Waals surface area contributed by atoms with Gasteiger partial charge in [0.2, 0.25) is 5.91 Å². The fourth-order valence-corrected chi connectivity index (χ4v) is 1.40. The Morgan fingerprint density at radius 2 is 2.25 bits per heavy atom. The Hall–Kier alpha value is -2.11. The van der Waals surface area contributed by atoms with E-state index in [1.807, 2.05) is 0 Å². The quantitative estimate of drug-likeness (QED) is 0.549. The number of primary amides is 1. The highest BCUT2D eigenvalue weighted by Gasteiger charge is 2.23. The minimum Gasteiger partial charge on any atom is -0.383 e. The van der Waals surface area contributed by atoms with Gasteiger partial charge in [0.25, 0.3) is 5.70 Å². The van der Waals surface area contributed by atoms with Crippen molar-refractivity contribution in [3.63, 3.8) is 0 Å². The average molecular weight is 223 g/mol. The minimum absolute atomic E-state index is 0.0504. The molecule has 1 aliphatic rings. The Kier molecular flexibility index (Phi) is 3.44. The number of nitrogens with zero attached hydrogens (tertiary/aromatic N) is 2. The summed E-state index contributed by atoms with van der Waals surface area (Å²) in [6, 6.07) is 0. The van der Waals surface area contributed by atoms with Gasteiger partial charge in [0.05, 0.1) is 10.8 Å². The van der Waals surface area contributed by atoms with Crippen LogP contribution in [0.5, 0.6) is 0 Å². The molecule has 0 radical (unpaired) electrons. The second kappa shape index (κ2) is 4.61. The van der Waals surface area contributed by atoms with Crippen LogP contribution in [0.1, 0.15) is 0 Å². The van der Waals surface area contributed by atoms with Crippen LogP contribution in [0.15, 0.2) is 35.7 Å². The zero-order valence-corrected chi connectivity index (χ0v) is 9.08. The summed E-state index contributed by atoms with van der Waals surface area (Å²) in [5.74, 6) is -1.13. The average Bonchev–Trinajstić information content (AvgIpc) is 2.15. The van der Waals surface area contributed by atoms with E-state index < -0.39 is 16.7 Å². The lowest BCUT2D eigenvalue weighted by molar-refractivity contribution is -0.419. The van der Waals surface area contributed by atoms with Gasteiger partial charge in [-0.05, 0) is 5.57 Å². The first-order valence-electron chi connectivity index (χ1n) is 4.63. The van der Waals surface area contributed by atoms with Gasteiger partial charge in [-0.2, -0.15) is 0 Å². The monoisotopic (exact) mass is 223 g/mol. The molecule has 0 bridgehead atoms. The number of hydrogen-bond acceptors (Lipinski definition) is 4. The Morgan fingerprint density at radius 3 is 2.69 bits per heavy atom. The molecule has 0 saturated carbocycles. The molecule has 1 unspecified atom stereocenters. The number of nitro groups is 1. The molecule has 0 fully saturated rings. The smallest absolute Gasteiger partial charge is 0.269 e. The normalized spacial score (nSPS) is 21.8. The SMILES string of the molecule is CN(C)/C=C1/C=C([N+](=O)[O-])C=CC1C(N)=O. The summed E-state index contributed by atoms with van der Waals surface area (Å²) in [5.41, 5.74) is 5.68. The third kappa shape index (κ3) is 2.69. The maximum Gasteiger partial charge on any atom is 0.269 e. The second-order valence-corrected chi connectivity index (χ2v) is 3.66. The third-order valence-electron chi connectivity index (χ3n) is 2.06. The summed E-state index contributed by atoms with van der Waals surface area (Å²) in [4.78, 5) is 22.9. The Bertz CT molecular complexity index is 408. The number of amides is 1. The molecule has 16 heavy (non-hydrogen) atoms. The third-order valence-corrected chi connectivity index (χ3v) is 2.06. The molecule has 86 valence electrons. The number of rotatable bonds is 3. The molecule has 0 aromatic heterocycles. The maximum absolute atomic E-state index is 11.1. The van der Waals surface area contributed by atoms with Gasteiger partial charge < -0.3 is 10.6 Å². The molecule has 0 saturated heterocycles. The summed E-state index contributed by atoms with van der Waals surface area (Å²) >= 11 is 0. The number of nitrogens with two attached hydrogens (primary N) is 1. The largest absolute Gasteiger partial charge is 0.383 e. The van der Waals surface area contributed by atoms with Gasteiger partial charge in [0.15, 0.2) is 0 Å². The molecular formula is C10H13N3O3. The lowest BCUT2D eigenvalue weighted by Gasteiger charge is -2.16. The molecule has 0 aromatic carbocycles. The van der Waals surface area contributed by atoms with Crippen molar-refractivity contribution in [2.24, 2.45) is 11.7 Å². The zero-order valence-electron chi connectivity index (χ0n) is 9.08. The lowest BCUT2D eigenvalue weighted by Crippen LogP contribution is -2.25. The summed E-state index contributed by atoms with van der Waals surface area (Å²) < 4.78 is 0. The van der Waals surface area contributed by atoms with Crippen LogP contribution < -0.4 is 5.73 Å². The topological polar surface area (TPSA) is 89.5 Å². The van der Waals surface area contributed by atoms with E-state index >= 15 is 0 Å². The molecule has 6 nitrogen and oxygen atoms in total. The van der Waals surface area contributed by atoms with Gasteiger partial charge in [-0.15, -0.1) is 0 Å². The van der Waals surface area contributed by atoms with Crippen molar-refractivity contribution < 1.29 is 9.72 Å². The summed E-state index contributed by atoms with van der Waals surface area (Å²) in [7, 11) is 3.53. The Balaban J connectivity index is 3.10. The van der Waals surface area contributed by atoms with Gasteiger partial charge in [0, 0.05) is 32.4 Å². The molecule has 1 amide bonds. The highest BCUT2D eigenvalue weighted by atomic mass is 16.6. The summed E-state index contributed by atoms with van der Waals surface area (Å²) in [5, 5.41) is 10.6. The van der Waals surface area contributed by atoms with Gasteiger partial charge in [-0.25, -0.2) is 0 Å². The highest BCUT2D eigenvalue weighted by Crippen LogP contribution is 2.22. The molecule has 0 aromatic rings. The van der Waals surface area contributed by atoms with E-state index in [0.717, 1.165) is 0 Å². The fraction of sp³-hybridized carbons (Fsp3) is 0.300. The molecule has 6 heteroatoms. The molecule has 2 N–H and O–H groups in total. The van der Waals surface area contributed by atoms with Crippen LogP contribution in [-0.4, -0.2) is 29.8 Å². The van der Waals surface area contributed by atoms with E-state index in [2.05, 4.69) is 0 Å². The Morgan fingerprint density at radius 1 is 1.62 bits per heavy atom. The fourth-order valence-electron chi connectivity index (χ4n) is 1.40. The first kappa shape index (κ1) is 12.0. The number of carbonyl (C=O) groups is 1. The van der Waals surface area contributed by atoms with Crippen molar-refractivity contribution in [1.29, 1.82) is 0 Å². The van der Waals surface area contributed by atoms with E-state index in [4.69, 9.17) is 5.73 Å². The standard InChI is InChI=1S/C10H13N3O3/c1-12(2)6-7-5-8(13(15)16)3-4-9(7)10(11)14/h3-6,9H,1-2H3,(H2,11,14)/b7-6-. The molecule has 0 spiro atoms. The number of hydrogen-bond donors (Lipinski definition) is 1. The van der Waals surface area contributed by atoms with Crippen molar-refractivity contribution in [2.45, 2.75) is 0 Å². The first-order valence-corrected chi connectivity index (χ1v) is 4.63. The van der Waals surface area contributed by atoms with Crippen molar-refractivity contribution in [2.75, 3.05) is 14.1 Å². The van der Waals surface area contributed by atoms with E-state index in [1.54, 1.807) is 25.2 Å². The van der Waals surface area contributed by atoms with Crippen LogP contribution >= 0.6 is 0 Å². The molecule has 0 heterocycles. The molecular weight excluding hydrogens is 210 g/mol. The molecule has 1 aliphatic carbocycles. The van der Waals surface area contributed by atoms with E-state index in [0.29, 0.717) is 5.57 Å². The van der Waals surface area contributed by atoms with E-state index in [1.165, 1.54) is 18.2 Å². The molecule has 1 rings (SSSR count). The van der Waals surface area contributed by atoms with E-state index in [-0.39, 0.29) is 5.70 Å². The molecule has 1 atom stereocenters. The van der Waals surface area contributed by atoms with Gasteiger partial charge >= 0.3 is 0 Å². The predicted molar refractivity (Wildman–Crippen MR) is 58.7 cm³/mol. The van der Waals surface area contributed by atoms with Crippen LogP contribution in [-0.2, 0) is 4.79 Å². The summed E-state index contributed by atoms with van der Waals surface area (Å²) in [6.07, 6.45) is 5.73. The Labute approximate surface area is 92.9 Å². The van der Waals surface area contributed by atoms with Crippen LogP contribution in [0, 0.1) is 16.0 Å². The molecule has 0 aliphatic heterocycles. The van der Waals surface area contributed by atoms with Crippen LogP contribution in [0.4, 0.5) is 0 Å². The van der Waals surface area contributed by atoms with Crippen molar-refractivity contribution in [3.8, 4) is 0 Å². The van der Waals surface area contributed by atoms with Crippen molar-refractivity contribution in [3.05, 3.63) is 45.8 Å². The van der Waals surface area contributed by atoms with Crippen LogP contribution in [0.25, 0.3) is 0 Å². The number of carbonyl (C=O) groups excluding carboxylic acids is 1. The van der Waals surface area contributed by atoms with Gasteiger partial charge in [-0.1, -0.05) is 6.08 Å². The van der Waals surface area contributed by atoms with Crippen molar-refractivity contribution in [1.82, 2.24) is 4.90 Å². The predicted octanol–water partition coefficient (Wildman–Crippen LogP) is 0.264. The number of allylic oxidation sites excluding steroid dienone is 2. The van der Waals surface area contributed by atoms with Crippen LogP contribution in [0.2, 0.25) is 0 Å². The minimum atomic E-state index is -0.605. The second-order valence-electron chi connectivity index (χ2n) is 3.66. The summed E-state index contributed by atoms with van der Waals surface area (Å²) in [6.45, 7) is 0. The maximum atomic E-state index is 11.1. The van der Waals surface area contributed by atoms with Gasteiger partial charge in [0.1, 0.15) is 0 Å². The van der Waals surface area contributed by atoms with Crippen molar-refractivity contribution >= 4 is 5.91 Å². The highest BCUT2D eigenvalue weighted by molar-refractivity contribution is 5.83. The van der Waals surface area contributed by atoms with Crippen LogP contribution in [0.3, 0.4) is 0 Å². The first-order chi connectivity index (χ1) is 7.41. The lowest BCUT2D eigenvalue weighted by atomic mass is 9.93. The van der Waals surface area contributed by atoms with Gasteiger partial charge in [-0.3, -0.25) is 14.9 Å². The zero-order chi connectivity index (χ0) is 12.3.